The number of nitrogens with two attached hydrogens (primary N) is 1. The van der Waals surface area contributed by atoms with Crippen molar-refractivity contribution >= 4 is 11.3 Å². The summed E-state index contributed by atoms with van der Waals surface area (Å²) < 4.78 is 0. The molecule has 94 valence electrons. The lowest BCUT2D eigenvalue weighted by Gasteiger charge is -2.09. The molecule has 0 bridgehead atoms. The summed E-state index contributed by atoms with van der Waals surface area (Å²) in [6.07, 6.45) is 5.98. The van der Waals surface area contributed by atoms with Gasteiger partial charge in [0.1, 0.15) is 0 Å². The van der Waals surface area contributed by atoms with Crippen molar-refractivity contribution < 1.29 is 0 Å². The van der Waals surface area contributed by atoms with Gasteiger partial charge in [-0.2, -0.15) is 0 Å². The molecule has 1 aromatic carbocycles. The topological polar surface area (TPSA) is 26.0 Å². The molecule has 1 aromatic heterocycles. The van der Waals surface area contributed by atoms with Crippen molar-refractivity contribution in [2.45, 2.75) is 38.1 Å². The van der Waals surface area contributed by atoms with Gasteiger partial charge in [0.05, 0.1) is 0 Å². The van der Waals surface area contributed by atoms with E-state index in [4.69, 9.17) is 5.73 Å². The Morgan fingerprint density at radius 3 is 2.78 bits per heavy atom. The Kier molecular flexibility index (Phi) is 3.48. The highest BCUT2D eigenvalue weighted by atomic mass is 32.1. The monoisotopic (exact) mass is 257 g/mol. The molecule has 1 aliphatic rings. The maximum absolute atomic E-state index is 6.31. The van der Waals surface area contributed by atoms with E-state index >= 15 is 0 Å². The lowest BCUT2D eigenvalue weighted by atomic mass is 10.0. The Morgan fingerprint density at radius 1 is 1.17 bits per heavy atom. The van der Waals surface area contributed by atoms with Gasteiger partial charge in [0, 0.05) is 15.8 Å². The molecule has 1 heterocycles. The molecule has 0 saturated carbocycles. The van der Waals surface area contributed by atoms with Crippen LogP contribution in [0.25, 0.3) is 0 Å². The first-order valence-corrected chi connectivity index (χ1v) is 7.55. The first-order chi connectivity index (χ1) is 8.83. The predicted molar refractivity (Wildman–Crippen MR) is 78.0 cm³/mol. The third-order valence-electron chi connectivity index (χ3n) is 3.72. The number of thiophene rings is 1. The molecule has 1 unspecified atom stereocenters. The zero-order valence-corrected chi connectivity index (χ0v) is 11.4. The summed E-state index contributed by atoms with van der Waals surface area (Å²) in [5.41, 5.74) is 9.26. The fraction of sp³-hybridized carbons (Fsp3) is 0.375. The van der Waals surface area contributed by atoms with Gasteiger partial charge in [-0.15, -0.1) is 11.3 Å². The highest BCUT2D eigenvalue weighted by molar-refractivity contribution is 7.12. The van der Waals surface area contributed by atoms with Gasteiger partial charge < -0.3 is 5.73 Å². The van der Waals surface area contributed by atoms with Crippen LogP contribution >= 0.6 is 11.3 Å². The second-order valence-corrected chi connectivity index (χ2v) is 6.25. The van der Waals surface area contributed by atoms with E-state index < -0.39 is 0 Å². The Bertz CT molecular complexity index is 494. The molecule has 1 atom stereocenters. The van der Waals surface area contributed by atoms with Crippen LogP contribution in [0.5, 0.6) is 0 Å². The molecule has 2 aromatic rings. The third-order valence-corrected chi connectivity index (χ3v) is 5.09. The van der Waals surface area contributed by atoms with Crippen LogP contribution in [0, 0.1) is 0 Å². The van der Waals surface area contributed by atoms with Crippen LogP contribution in [0.3, 0.4) is 0 Å². The van der Waals surface area contributed by atoms with Crippen molar-refractivity contribution in [2.24, 2.45) is 5.73 Å². The summed E-state index contributed by atoms with van der Waals surface area (Å²) >= 11 is 1.94. The van der Waals surface area contributed by atoms with Crippen molar-refractivity contribution in [1.82, 2.24) is 0 Å². The van der Waals surface area contributed by atoms with Crippen molar-refractivity contribution in [3.05, 3.63) is 57.3 Å². The van der Waals surface area contributed by atoms with E-state index in [1.165, 1.54) is 29.7 Å². The van der Waals surface area contributed by atoms with Crippen LogP contribution < -0.4 is 5.73 Å². The van der Waals surface area contributed by atoms with Gasteiger partial charge in [-0.25, -0.2) is 0 Å². The minimum absolute atomic E-state index is 0.209. The van der Waals surface area contributed by atoms with Crippen molar-refractivity contribution in [3.8, 4) is 0 Å². The van der Waals surface area contributed by atoms with E-state index in [-0.39, 0.29) is 6.04 Å². The molecule has 0 aliphatic heterocycles. The average molecular weight is 257 g/mol. The van der Waals surface area contributed by atoms with Crippen LogP contribution in [0.4, 0.5) is 0 Å². The normalized spacial score (nSPS) is 15.6. The number of benzene rings is 1. The molecule has 0 amide bonds. The van der Waals surface area contributed by atoms with Gasteiger partial charge in [-0.3, -0.25) is 0 Å². The molecule has 2 heteroatoms. The van der Waals surface area contributed by atoms with Crippen molar-refractivity contribution in [1.29, 1.82) is 0 Å². The molecular formula is C16H19NS. The standard InChI is InChI=1S/C16H19NS/c17-14(10-9-12-5-2-1-3-6-12)16-11-13-7-4-8-15(13)18-16/h1-3,5-6,11,14H,4,7-10,17H2. The van der Waals surface area contributed by atoms with Crippen molar-refractivity contribution in [2.75, 3.05) is 0 Å². The fourth-order valence-corrected chi connectivity index (χ4v) is 3.94. The van der Waals surface area contributed by atoms with E-state index in [9.17, 15) is 0 Å². The van der Waals surface area contributed by atoms with E-state index in [2.05, 4.69) is 36.4 Å². The molecular weight excluding hydrogens is 238 g/mol. The van der Waals surface area contributed by atoms with E-state index in [0.717, 1.165) is 12.8 Å². The quantitative estimate of drug-likeness (QED) is 0.884. The molecule has 0 radical (unpaired) electrons. The number of rotatable bonds is 4. The molecule has 0 fully saturated rings. The van der Waals surface area contributed by atoms with Crippen LogP contribution in [-0.4, -0.2) is 0 Å². The molecule has 1 aliphatic carbocycles. The molecule has 1 nitrogen and oxygen atoms in total. The van der Waals surface area contributed by atoms with Gasteiger partial charge in [-0.1, -0.05) is 30.3 Å². The molecule has 2 N–H and O–H groups in total. The number of aryl methyl sites for hydroxylation is 3. The lowest BCUT2D eigenvalue weighted by Crippen LogP contribution is -2.09. The van der Waals surface area contributed by atoms with Gasteiger partial charge in [0.25, 0.3) is 0 Å². The van der Waals surface area contributed by atoms with E-state index in [1.807, 2.05) is 11.3 Å². The Hall–Kier alpha value is -1.12. The Balaban J connectivity index is 1.62. The Morgan fingerprint density at radius 2 is 2.00 bits per heavy atom. The zero-order chi connectivity index (χ0) is 12.4. The first-order valence-electron chi connectivity index (χ1n) is 6.74. The minimum atomic E-state index is 0.209. The Labute approximate surface area is 113 Å². The summed E-state index contributed by atoms with van der Waals surface area (Å²) in [5.74, 6) is 0. The number of hydrogen-bond donors (Lipinski definition) is 1. The average Bonchev–Trinajstić information content (AvgIpc) is 2.98. The highest BCUT2D eigenvalue weighted by Gasteiger charge is 2.17. The zero-order valence-electron chi connectivity index (χ0n) is 10.6. The van der Waals surface area contributed by atoms with Gasteiger partial charge in [0.15, 0.2) is 0 Å². The third kappa shape index (κ3) is 2.50. The van der Waals surface area contributed by atoms with Crippen molar-refractivity contribution in [3.63, 3.8) is 0 Å². The van der Waals surface area contributed by atoms with Crippen LogP contribution in [0.15, 0.2) is 36.4 Å². The van der Waals surface area contributed by atoms with E-state index in [1.54, 1.807) is 10.4 Å². The summed E-state index contributed by atoms with van der Waals surface area (Å²) in [6.45, 7) is 0. The maximum Gasteiger partial charge on any atom is 0.0393 e. The summed E-state index contributed by atoms with van der Waals surface area (Å²) in [6, 6.07) is 13.2. The van der Waals surface area contributed by atoms with Crippen LogP contribution in [-0.2, 0) is 19.3 Å². The van der Waals surface area contributed by atoms with Gasteiger partial charge in [0.2, 0.25) is 0 Å². The van der Waals surface area contributed by atoms with Gasteiger partial charge >= 0.3 is 0 Å². The molecule has 3 rings (SSSR count). The largest absolute Gasteiger partial charge is 0.323 e. The SMILES string of the molecule is NC(CCc1ccccc1)c1cc2c(s1)CCC2. The summed E-state index contributed by atoms with van der Waals surface area (Å²) in [4.78, 5) is 2.97. The lowest BCUT2D eigenvalue weighted by molar-refractivity contribution is 0.661. The van der Waals surface area contributed by atoms with E-state index in [0.29, 0.717) is 0 Å². The van der Waals surface area contributed by atoms with Crippen LogP contribution in [0.1, 0.15) is 39.8 Å². The summed E-state index contributed by atoms with van der Waals surface area (Å²) in [7, 11) is 0. The van der Waals surface area contributed by atoms with Gasteiger partial charge in [-0.05, 0) is 49.3 Å². The van der Waals surface area contributed by atoms with Crippen LogP contribution in [0.2, 0.25) is 0 Å². The molecule has 0 saturated heterocycles. The fourth-order valence-electron chi connectivity index (χ4n) is 2.64. The first kappa shape index (κ1) is 11.9. The second kappa shape index (κ2) is 5.25. The minimum Gasteiger partial charge on any atom is -0.323 e. The highest BCUT2D eigenvalue weighted by Crippen LogP contribution is 2.34. The number of fused-ring (bicyclic) bond motifs is 1. The maximum atomic E-state index is 6.31. The number of hydrogen-bond acceptors (Lipinski definition) is 2. The summed E-state index contributed by atoms with van der Waals surface area (Å²) in [5, 5.41) is 0. The smallest absolute Gasteiger partial charge is 0.0393 e. The molecule has 0 spiro atoms. The molecule has 18 heavy (non-hydrogen) atoms. The predicted octanol–water partition coefficient (Wildman–Crippen LogP) is 3.87. The second-order valence-electron chi connectivity index (χ2n) is 5.08.